The number of carbonyl (C=O) groups excluding carboxylic acids is 2. The topological polar surface area (TPSA) is 79.2 Å². The number of nitrogens with one attached hydrogen (secondary N) is 1. The smallest absolute Gasteiger partial charge is 0.344 e. The summed E-state index contributed by atoms with van der Waals surface area (Å²) in [4.78, 5) is 25.9. The summed E-state index contributed by atoms with van der Waals surface area (Å²) in [6.07, 6.45) is 1.40. The van der Waals surface area contributed by atoms with Gasteiger partial charge in [0, 0.05) is 14.5 Å². The summed E-state index contributed by atoms with van der Waals surface area (Å²) in [6.45, 7) is 1.93. The average molecular weight is 590 g/mol. The number of amides is 1. The van der Waals surface area contributed by atoms with Gasteiger partial charge in [0.2, 0.25) is 0 Å². The molecular weight excluding hydrogens is 572 g/mol. The molecule has 4 aromatic carbocycles. The van der Waals surface area contributed by atoms with Crippen LogP contribution >= 0.6 is 31.9 Å². The zero-order valence-corrected chi connectivity index (χ0v) is 21.7. The number of rotatable bonds is 5. The van der Waals surface area contributed by atoms with Gasteiger partial charge in [-0.05, 0) is 85.5 Å². The van der Waals surface area contributed by atoms with E-state index >= 15 is 0 Å². The molecule has 0 heterocycles. The van der Waals surface area contributed by atoms with Crippen LogP contribution in [0.1, 0.15) is 21.5 Å². The third-order valence-electron chi connectivity index (χ3n) is 5.22. The highest BCUT2D eigenvalue weighted by atomic mass is 79.9. The van der Waals surface area contributed by atoms with Gasteiger partial charge in [0.05, 0.1) is 11.3 Å². The van der Waals surface area contributed by atoms with Gasteiger partial charge in [-0.25, -0.2) is 4.79 Å². The molecule has 7 heteroatoms. The second-order valence-electron chi connectivity index (χ2n) is 7.68. The van der Waals surface area contributed by atoms with Crippen LogP contribution < -0.4 is 10.1 Å². The summed E-state index contributed by atoms with van der Waals surface area (Å²) in [6, 6.07) is 25.4. The lowest BCUT2D eigenvalue weighted by atomic mass is 10.0. The summed E-state index contributed by atoms with van der Waals surface area (Å²) in [5.74, 6) is -0.880. The van der Waals surface area contributed by atoms with Crippen LogP contribution in [0.5, 0.6) is 5.75 Å². The molecule has 1 N–H and O–H groups in total. The van der Waals surface area contributed by atoms with Crippen LogP contribution in [0.2, 0.25) is 0 Å². The van der Waals surface area contributed by atoms with Crippen LogP contribution in [0.4, 0.5) is 5.69 Å². The van der Waals surface area contributed by atoms with E-state index in [9.17, 15) is 14.9 Å². The van der Waals surface area contributed by atoms with Crippen molar-refractivity contribution in [1.29, 1.82) is 5.26 Å². The van der Waals surface area contributed by atoms with Crippen LogP contribution in [0.25, 0.3) is 16.8 Å². The molecule has 0 aliphatic carbocycles. The van der Waals surface area contributed by atoms with Gasteiger partial charge in [0.1, 0.15) is 17.4 Å². The summed E-state index contributed by atoms with van der Waals surface area (Å²) in [5.41, 5.74) is 2.22. The first kappa shape index (κ1) is 24.4. The minimum absolute atomic E-state index is 0.141. The van der Waals surface area contributed by atoms with Crippen LogP contribution in [0.15, 0.2) is 93.4 Å². The van der Waals surface area contributed by atoms with Crippen molar-refractivity contribution in [1.82, 2.24) is 0 Å². The maximum absolute atomic E-state index is 13.0. The number of carbonyl (C=O) groups is 2. The van der Waals surface area contributed by atoms with Crippen molar-refractivity contribution in [3.8, 4) is 11.8 Å². The standard InChI is InChI=1S/C28H18Br2N2O3/c1-17-13-23(29)26(24(30)14-17)32-27(33)20(16-31)15-19-8-3-5-12-25(19)35-28(34)22-11-6-9-18-7-2-4-10-21(18)22/h2-15H,1H3,(H,32,33)/b20-15+. The highest BCUT2D eigenvalue weighted by Gasteiger charge is 2.17. The minimum atomic E-state index is -0.590. The Morgan fingerprint density at radius 3 is 2.34 bits per heavy atom. The fourth-order valence-electron chi connectivity index (χ4n) is 3.56. The molecule has 5 nitrogen and oxygen atoms in total. The number of hydrogen-bond acceptors (Lipinski definition) is 4. The molecule has 4 aromatic rings. The van der Waals surface area contributed by atoms with Gasteiger partial charge in [0.15, 0.2) is 0 Å². The summed E-state index contributed by atoms with van der Waals surface area (Å²) in [5, 5.41) is 14.1. The number of hydrogen-bond donors (Lipinski definition) is 1. The van der Waals surface area contributed by atoms with Gasteiger partial charge in [0.25, 0.3) is 5.91 Å². The van der Waals surface area contributed by atoms with E-state index in [0.717, 1.165) is 16.3 Å². The van der Waals surface area contributed by atoms with Crippen molar-refractivity contribution < 1.29 is 14.3 Å². The Balaban J connectivity index is 1.62. The zero-order chi connectivity index (χ0) is 24.9. The van der Waals surface area contributed by atoms with Crippen molar-refractivity contribution in [2.75, 3.05) is 5.32 Å². The largest absolute Gasteiger partial charge is 0.422 e. The van der Waals surface area contributed by atoms with Crippen molar-refractivity contribution in [2.45, 2.75) is 6.92 Å². The molecule has 0 saturated carbocycles. The fourth-order valence-corrected chi connectivity index (χ4v) is 5.17. The van der Waals surface area contributed by atoms with Gasteiger partial charge >= 0.3 is 5.97 Å². The zero-order valence-electron chi connectivity index (χ0n) is 18.5. The quantitative estimate of drug-likeness (QED) is 0.114. The van der Waals surface area contributed by atoms with Gasteiger partial charge in [-0.3, -0.25) is 4.79 Å². The Morgan fingerprint density at radius 1 is 0.943 bits per heavy atom. The van der Waals surface area contributed by atoms with Crippen molar-refractivity contribution in [2.24, 2.45) is 0 Å². The van der Waals surface area contributed by atoms with E-state index in [1.54, 1.807) is 36.4 Å². The van der Waals surface area contributed by atoms with E-state index in [0.29, 0.717) is 25.8 Å². The van der Waals surface area contributed by atoms with Gasteiger partial charge in [-0.15, -0.1) is 0 Å². The molecule has 1 amide bonds. The molecular formula is C28H18Br2N2O3. The highest BCUT2D eigenvalue weighted by Crippen LogP contribution is 2.33. The number of benzene rings is 4. The number of ether oxygens (including phenoxy) is 1. The first-order valence-electron chi connectivity index (χ1n) is 10.5. The molecule has 0 spiro atoms. The number of para-hydroxylation sites is 1. The molecule has 0 saturated heterocycles. The Labute approximate surface area is 219 Å². The normalized spacial score (nSPS) is 11.1. The fraction of sp³-hybridized carbons (Fsp3) is 0.0357. The Morgan fingerprint density at radius 2 is 1.60 bits per heavy atom. The monoisotopic (exact) mass is 588 g/mol. The third-order valence-corrected chi connectivity index (χ3v) is 6.47. The SMILES string of the molecule is Cc1cc(Br)c(NC(=O)/C(C#N)=C/c2ccccc2OC(=O)c2cccc3ccccc23)c(Br)c1. The summed E-state index contributed by atoms with van der Waals surface area (Å²) in [7, 11) is 0. The number of aryl methyl sites for hydroxylation is 1. The predicted octanol–water partition coefficient (Wildman–Crippen LogP) is 7.44. The number of anilines is 1. The highest BCUT2D eigenvalue weighted by molar-refractivity contribution is 9.11. The van der Waals surface area contributed by atoms with Crippen LogP contribution in [0.3, 0.4) is 0 Å². The summed E-state index contributed by atoms with van der Waals surface area (Å²) < 4.78 is 7.05. The van der Waals surface area contributed by atoms with Crippen molar-refractivity contribution in [3.05, 3.63) is 110 Å². The van der Waals surface area contributed by atoms with Gasteiger partial charge in [-0.2, -0.15) is 5.26 Å². The number of nitrogens with zero attached hydrogens (tertiary/aromatic N) is 1. The van der Waals surface area contributed by atoms with Crippen LogP contribution in [0, 0.1) is 18.3 Å². The second-order valence-corrected chi connectivity index (χ2v) is 9.39. The molecule has 0 unspecified atom stereocenters. The summed E-state index contributed by atoms with van der Waals surface area (Å²) >= 11 is 6.88. The maximum atomic E-state index is 13.0. The van der Waals surface area contributed by atoms with E-state index in [1.165, 1.54) is 6.08 Å². The lowest BCUT2D eigenvalue weighted by molar-refractivity contribution is -0.112. The van der Waals surface area contributed by atoms with E-state index in [2.05, 4.69) is 37.2 Å². The number of esters is 1. The van der Waals surface area contributed by atoms with Crippen LogP contribution in [-0.2, 0) is 4.79 Å². The Hall–Kier alpha value is -3.73. The first-order chi connectivity index (χ1) is 16.9. The minimum Gasteiger partial charge on any atom is -0.422 e. The van der Waals surface area contributed by atoms with E-state index in [1.807, 2.05) is 55.5 Å². The molecule has 0 aliphatic rings. The molecule has 4 rings (SSSR count). The maximum Gasteiger partial charge on any atom is 0.344 e. The van der Waals surface area contributed by atoms with Crippen LogP contribution in [-0.4, -0.2) is 11.9 Å². The molecule has 0 atom stereocenters. The lowest BCUT2D eigenvalue weighted by Gasteiger charge is -2.11. The third kappa shape index (κ3) is 5.51. The lowest BCUT2D eigenvalue weighted by Crippen LogP contribution is -2.14. The molecule has 0 aromatic heterocycles. The van der Waals surface area contributed by atoms with Gasteiger partial charge in [-0.1, -0.05) is 54.6 Å². The first-order valence-corrected chi connectivity index (χ1v) is 12.1. The second kappa shape index (κ2) is 10.7. The van der Waals surface area contributed by atoms with E-state index in [-0.39, 0.29) is 11.3 Å². The number of fused-ring (bicyclic) bond motifs is 1. The number of nitriles is 1. The molecule has 0 radical (unpaired) electrons. The molecule has 172 valence electrons. The van der Waals surface area contributed by atoms with Crippen molar-refractivity contribution in [3.63, 3.8) is 0 Å². The molecule has 0 aliphatic heterocycles. The Kier molecular flexibility index (Phi) is 7.45. The number of halogens is 2. The predicted molar refractivity (Wildman–Crippen MR) is 144 cm³/mol. The van der Waals surface area contributed by atoms with Crippen molar-refractivity contribution >= 4 is 66.3 Å². The van der Waals surface area contributed by atoms with Gasteiger partial charge < -0.3 is 10.1 Å². The van der Waals surface area contributed by atoms with E-state index in [4.69, 9.17) is 4.74 Å². The molecule has 0 fully saturated rings. The molecule has 35 heavy (non-hydrogen) atoms. The molecule has 0 bridgehead atoms. The average Bonchev–Trinajstić information content (AvgIpc) is 2.85. The Bertz CT molecular complexity index is 1510. The van der Waals surface area contributed by atoms with E-state index < -0.39 is 11.9 Å².